The lowest BCUT2D eigenvalue weighted by Crippen LogP contribution is -2.63. The molecule has 0 spiro atoms. The first-order valence-electron chi connectivity index (χ1n) is 13.9. The molecule has 8 nitrogen and oxygen atoms in total. The van der Waals surface area contributed by atoms with Gasteiger partial charge in [-0.3, -0.25) is 14.4 Å². The molecule has 3 atom stereocenters. The van der Waals surface area contributed by atoms with E-state index in [0.29, 0.717) is 16.7 Å². The third-order valence-electron chi connectivity index (χ3n) is 7.59. The van der Waals surface area contributed by atoms with E-state index >= 15 is 0 Å². The number of primary amides is 1. The van der Waals surface area contributed by atoms with Crippen LogP contribution in [0.25, 0.3) is 0 Å². The maximum atomic E-state index is 14.0. The Bertz CT molecular complexity index is 1410. The fourth-order valence-corrected chi connectivity index (χ4v) is 4.88. The summed E-state index contributed by atoms with van der Waals surface area (Å²) < 4.78 is 13.4. The molecular weight excluding hydrogens is 535 g/mol. The van der Waals surface area contributed by atoms with E-state index in [2.05, 4.69) is 5.32 Å². The number of phenolic OH excluding ortho intramolecular Hbond substituents is 1. The van der Waals surface area contributed by atoms with Crippen molar-refractivity contribution in [3.63, 3.8) is 0 Å². The minimum atomic E-state index is -1.45. The van der Waals surface area contributed by atoms with Crippen molar-refractivity contribution in [3.05, 3.63) is 101 Å². The molecule has 3 aromatic rings. The number of halogens is 1. The third kappa shape index (κ3) is 7.94. The molecule has 3 rings (SSSR count). The van der Waals surface area contributed by atoms with Crippen LogP contribution in [0.3, 0.4) is 0 Å². The van der Waals surface area contributed by atoms with Crippen molar-refractivity contribution in [3.8, 4) is 5.75 Å². The predicted molar refractivity (Wildman–Crippen MR) is 161 cm³/mol. The number of amides is 3. The molecule has 224 valence electrons. The monoisotopic (exact) mass is 576 g/mol. The van der Waals surface area contributed by atoms with Crippen molar-refractivity contribution in [2.45, 2.75) is 70.0 Å². The summed E-state index contributed by atoms with van der Waals surface area (Å²) in [5.41, 5.74) is 13.1. The first-order valence-corrected chi connectivity index (χ1v) is 13.9. The highest BCUT2D eigenvalue weighted by Crippen LogP contribution is 2.31. The number of phenols is 1. The topological polar surface area (TPSA) is 139 Å². The zero-order chi connectivity index (χ0) is 31.2. The number of hydrogen-bond donors (Lipinski definition) is 4. The van der Waals surface area contributed by atoms with Crippen LogP contribution < -0.4 is 16.8 Å². The Labute approximate surface area is 246 Å². The zero-order valence-corrected chi connectivity index (χ0v) is 24.9. The Hall–Kier alpha value is -4.24. The van der Waals surface area contributed by atoms with Gasteiger partial charge in [-0.05, 0) is 59.2 Å². The minimum absolute atomic E-state index is 0.0909. The number of rotatable bonds is 11. The average Bonchev–Trinajstić information content (AvgIpc) is 2.93. The summed E-state index contributed by atoms with van der Waals surface area (Å²) in [6.07, 6.45) is 0.380. The van der Waals surface area contributed by atoms with E-state index in [9.17, 15) is 23.9 Å². The van der Waals surface area contributed by atoms with Crippen molar-refractivity contribution in [2.75, 3.05) is 7.05 Å². The van der Waals surface area contributed by atoms with Crippen LogP contribution >= 0.6 is 0 Å². The number of nitrogens with zero attached hydrogens (tertiary/aromatic N) is 1. The molecule has 6 N–H and O–H groups in total. The molecule has 0 aliphatic carbocycles. The van der Waals surface area contributed by atoms with Gasteiger partial charge < -0.3 is 26.8 Å². The summed E-state index contributed by atoms with van der Waals surface area (Å²) >= 11 is 0. The Morgan fingerprint density at radius 1 is 0.905 bits per heavy atom. The first kappa shape index (κ1) is 32.3. The molecule has 0 fully saturated rings. The van der Waals surface area contributed by atoms with Crippen molar-refractivity contribution < 1.29 is 23.9 Å². The van der Waals surface area contributed by atoms with Gasteiger partial charge in [0.15, 0.2) is 0 Å². The highest BCUT2D eigenvalue weighted by Gasteiger charge is 2.42. The molecule has 0 aliphatic heterocycles. The number of nitrogens with two attached hydrogens (primary N) is 2. The van der Waals surface area contributed by atoms with Gasteiger partial charge in [-0.15, -0.1) is 0 Å². The molecule has 0 bridgehead atoms. The minimum Gasteiger partial charge on any atom is -0.508 e. The standard InChI is InChI=1S/C33H41FN4O4/c1-32(2,3)25-17-23(13-16-28(25)39)19-27(29(36)40)37-31(42)33(4,20-22-9-7-6-8-10-22)38(5)30(41)26(35)18-21-11-14-24(34)15-12-21/h6-17,26-27,39H,18-20,35H2,1-5H3,(H2,36,40)(H,37,42)/t26-,27-,33-/m0/s1. The molecule has 0 saturated heterocycles. The van der Waals surface area contributed by atoms with Crippen LogP contribution in [-0.2, 0) is 39.1 Å². The Balaban J connectivity index is 1.89. The summed E-state index contributed by atoms with van der Waals surface area (Å²) in [4.78, 5) is 41.4. The van der Waals surface area contributed by atoms with Gasteiger partial charge in [-0.2, -0.15) is 0 Å². The van der Waals surface area contributed by atoms with Gasteiger partial charge in [0.05, 0.1) is 6.04 Å². The second kappa shape index (κ2) is 13.2. The van der Waals surface area contributed by atoms with Crippen molar-refractivity contribution >= 4 is 17.7 Å². The summed E-state index contributed by atoms with van der Waals surface area (Å²) in [5, 5.41) is 13.1. The molecule has 0 radical (unpaired) electrons. The van der Waals surface area contributed by atoms with Gasteiger partial charge in [0.1, 0.15) is 23.1 Å². The Morgan fingerprint density at radius 2 is 1.50 bits per heavy atom. The summed E-state index contributed by atoms with van der Waals surface area (Å²) in [5.74, 6) is -2.06. The van der Waals surface area contributed by atoms with Gasteiger partial charge in [0, 0.05) is 19.9 Å². The molecule has 0 aliphatic rings. The van der Waals surface area contributed by atoms with E-state index in [-0.39, 0.29) is 30.4 Å². The number of hydrogen-bond acceptors (Lipinski definition) is 5. The normalized spacial score (nSPS) is 14.4. The van der Waals surface area contributed by atoms with Crippen LogP contribution in [0, 0.1) is 5.82 Å². The second-order valence-electron chi connectivity index (χ2n) is 12.0. The van der Waals surface area contributed by atoms with Gasteiger partial charge in [0.2, 0.25) is 17.7 Å². The molecule has 3 aromatic carbocycles. The van der Waals surface area contributed by atoms with Gasteiger partial charge >= 0.3 is 0 Å². The number of benzene rings is 3. The lowest BCUT2D eigenvalue weighted by atomic mass is 9.84. The van der Waals surface area contributed by atoms with Gasteiger partial charge in [-0.25, -0.2) is 4.39 Å². The lowest BCUT2D eigenvalue weighted by molar-refractivity contribution is -0.146. The van der Waals surface area contributed by atoms with Crippen molar-refractivity contribution in [2.24, 2.45) is 11.5 Å². The zero-order valence-electron chi connectivity index (χ0n) is 24.9. The fourth-order valence-electron chi connectivity index (χ4n) is 4.88. The molecule has 0 unspecified atom stereocenters. The van der Waals surface area contributed by atoms with E-state index in [0.717, 1.165) is 5.56 Å². The maximum Gasteiger partial charge on any atom is 0.246 e. The first-order chi connectivity index (χ1) is 19.6. The van der Waals surface area contributed by atoms with Crippen LogP contribution in [0.4, 0.5) is 4.39 Å². The van der Waals surface area contributed by atoms with Crippen LogP contribution in [0.2, 0.25) is 0 Å². The predicted octanol–water partition coefficient (Wildman–Crippen LogP) is 3.37. The maximum absolute atomic E-state index is 14.0. The Kier molecular flexibility index (Phi) is 10.1. The van der Waals surface area contributed by atoms with Crippen LogP contribution in [0.5, 0.6) is 5.75 Å². The van der Waals surface area contributed by atoms with E-state index < -0.39 is 41.2 Å². The van der Waals surface area contributed by atoms with E-state index in [1.165, 1.54) is 24.1 Å². The van der Waals surface area contributed by atoms with E-state index in [1.54, 1.807) is 37.3 Å². The fraction of sp³-hybridized carbons (Fsp3) is 0.364. The number of carbonyl (C=O) groups excluding carboxylic acids is 3. The molecule has 0 heterocycles. The Morgan fingerprint density at radius 3 is 2.07 bits per heavy atom. The quantitative estimate of drug-likeness (QED) is 0.277. The van der Waals surface area contributed by atoms with E-state index in [4.69, 9.17) is 11.5 Å². The average molecular weight is 577 g/mol. The number of carbonyl (C=O) groups is 3. The van der Waals surface area contributed by atoms with Crippen LogP contribution in [-0.4, -0.2) is 52.4 Å². The van der Waals surface area contributed by atoms with Gasteiger partial charge in [0.25, 0.3) is 0 Å². The lowest BCUT2D eigenvalue weighted by Gasteiger charge is -2.39. The highest BCUT2D eigenvalue weighted by molar-refractivity contribution is 5.95. The number of likely N-dealkylation sites (N-methyl/N-ethyl adjacent to an activating group) is 1. The molecule has 42 heavy (non-hydrogen) atoms. The molecule has 0 aromatic heterocycles. The van der Waals surface area contributed by atoms with Crippen molar-refractivity contribution in [1.82, 2.24) is 10.2 Å². The van der Waals surface area contributed by atoms with Crippen LogP contribution in [0.1, 0.15) is 49.9 Å². The van der Waals surface area contributed by atoms with Crippen molar-refractivity contribution in [1.29, 1.82) is 0 Å². The van der Waals surface area contributed by atoms with E-state index in [1.807, 2.05) is 51.1 Å². The number of aromatic hydroxyl groups is 1. The molecule has 3 amide bonds. The number of nitrogens with one attached hydrogen (secondary N) is 1. The SMILES string of the molecule is CN(C(=O)[C@@H](N)Cc1ccc(F)cc1)[C@@](C)(Cc1ccccc1)C(=O)N[C@@H](Cc1ccc(O)c(C(C)(C)C)c1)C(N)=O. The molecule has 0 saturated carbocycles. The van der Waals surface area contributed by atoms with Gasteiger partial charge in [-0.1, -0.05) is 75.4 Å². The summed E-state index contributed by atoms with van der Waals surface area (Å²) in [6, 6.07) is 17.9. The largest absolute Gasteiger partial charge is 0.508 e. The summed E-state index contributed by atoms with van der Waals surface area (Å²) in [6.45, 7) is 7.50. The third-order valence-corrected chi connectivity index (χ3v) is 7.59. The smallest absolute Gasteiger partial charge is 0.246 e. The molecular formula is C33H41FN4O4. The highest BCUT2D eigenvalue weighted by atomic mass is 19.1. The second-order valence-corrected chi connectivity index (χ2v) is 12.0. The van der Waals surface area contributed by atoms with Crippen LogP contribution in [0.15, 0.2) is 72.8 Å². The molecule has 9 heteroatoms. The summed E-state index contributed by atoms with van der Waals surface area (Å²) in [7, 11) is 1.50.